The van der Waals surface area contributed by atoms with Gasteiger partial charge in [-0.05, 0) is 24.1 Å². The number of aromatic nitrogens is 4. The molecular weight excluding hydrogens is 344 g/mol. The van der Waals surface area contributed by atoms with Crippen LogP contribution in [0.2, 0.25) is 0 Å². The zero-order chi connectivity index (χ0) is 19.0. The molecule has 3 N–H and O–H groups in total. The van der Waals surface area contributed by atoms with E-state index in [1.54, 1.807) is 6.07 Å². The first-order chi connectivity index (χ1) is 13.1. The summed E-state index contributed by atoms with van der Waals surface area (Å²) >= 11 is 0. The second kappa shape index (κ2) is 6.53. The molecule has 1 aromatic carbocycles. The van der Waals surface area contributed by atoms with Gasteiger partial charge in [0.1, 0.15) is 0 Å². The standard InChI is InChI=1S/C20H16N4O3/c1-2-11-3-5-12(6-4-11)18-17-14(20(26)27)9-15(22-19(17)24-23-18)13-7-8-16(25)21-10-13/h3-10H,2H2,1H3,(H,21,25)(H,26,27)(H,22,23,24). The summed E-state index contributed by atoms with van der Waals surface area (Å²) in [5, 5.41) is 17.3. The molecule has 7 nitrogen and oxygen atoms in total. The molecule has 3 heterocycles. The van der Waals surface area contributed by atoms with Gasteiger partial charge in [-0.25, -0.2) is 9.78 Å². The fourth-order valence-electron chi connectivity index (χ4n) is 3.03. The molecule has 0 radical (unpaired) electrons. The van der Waals surface area contributed by atoms with Gasteiger partial charge in [-0.3, -0.25) is 9.89 Å². The minimum absolute atomic E-state index is 0.101. The zero-order valence-electron chi connectivity index (χ0n) is 14.5. The fraction of sp³-hybridized carbons (Fsp3) is 0.100. The van der Waals surface area contributed by atoms with Crippen LogP contribution in [-0.4, -0.2) is 31.2 Å². The first-order valence-electron chi connectivity index (χ1n) is 8.47. The van der Waals surface area contributed by atoms with Crippen LogP contribution in [-0.2, 0) is 6.42 Å². The minimum atomic E-state index is -1.07. The molecule has 4 rings (SSSR count). The van der Waals surface area contributed by atoms with Crippen LogP contribution in [0.4, 0.5) is 0 Å². The predicted octanol–water partition coefficient (Wildman–Crippen LogP) is 3.24. The number of carboxylic acids is 1. The number of aromatic carboxylic acids is 1. The summed E-state index contributed by atoms with van der Waals surface area (Å²) in [6.45, 7) is 2.07. The van der Waals surface area contributed by atoms with Gasteiger partial charge in [-0.2, -0.15) is 5.10 Å². The third kappa shape index (κ3) is 2.99. The number of benzene rings is 1. The van der Waals surface area contributed by atoms with E-state index in [-0.39, 0.29) is 11.1 Å². The third-order valence-corrected chi connectivity index (χ3v) is 4.49. The van der Waals surface area contributed by atoms with E-state index < -0.39 is 5.97 Å². The highest BCUT2D eigenvalue weighted by atomic mass is 16.4. The Bertz CT molecular complexity index is 1190. The SMILES string of the molecule is CCc1ccc(-c2[nH]nc3nc(-c4ccc(=O)[nH]c4)cc(C(=O)O)c23)cc1. The number of hydrogen-bond donors (Lipinski definition) is 3. The summed E-state index contributed by atoms with van der Waals surface area (Å²) < 4.78 is 0. The number of nitrogens with zero attached hydrogens (tertiary/aromatic N) is 2. The number of H-pyrrole nitrogens is 2. The maximum absolute atomic E-state index is 11.9. The third-order valence-electron chi connectivity index (χ3n) is 4.49. The van der Waals surface area contributed by atoms with E-state index in [2.05, 4.69) is 27.1 Å². The number of rotatable bonds is 4. The number of carbonyl (C=O) groups is 1. The first-order valence-corrected chi connectivity index (χ1v) is 8.47. The van der Waals surface area contributed by atoms with Crippen molar-refractivity contribution >= 4 is 17.0 Å². The van der Waals surface area contributed by atoms with Crippen molar-refractivity contribution in [2.45, 2.75) is 13.3 Å². The summed E-state index contributed by atoms with van der Waals surface area (Å²) in [4.78, 5) is 30.2. The average molecular weight is 360 g/mol. The number of nitrogens with one attached hydrogen (secondary N) is 2. The molecule has 0 amide bonds. The molecule has 0 saturated heterocycles. The van der Waals surface area contributed by atoms with Crippen molar-refractivity contribution in [2.24, 2.45) is 0 Å². The van der Waals surface area contributed by atoms with E-state index in [0.717, 1.165) is 12.0 Å². The molecule has 4 aromatic rings. The van der Waals surface area contributed by atoms with Crippen molar-refractivity contribution in [3.63, 3.8) is 0 Å². The Morgan fingerprint density at radius 1 is 1.11 bits per heavy atom. The Labute approximate surface area is 153 Å². The minimum Gasteiger partial charge on any atom is -0.478 e. The van der Waals surface area contributed by atoms with E-state index in [1.165, 1.54) is 23.9 Å². The molecule has 0 fully saturated rings. The Kier molecular flexibility index (Phi) is 4.04. The van der Waals surface area contributed by atoms with Crippen molar-refractivity contribution in [2.75, 3.05) is 0 Å². The second-order valence-corrected chi connectivity index (χ2v) is 6.15. The van der Waals surface area contributed by atoms with Gasteiger partial charge in [0.15, 0.2) is 5.65 Å². The topological polar surface area (TPSA) is 112 Å². The highest BCUT2D eigenvalue weighted by Crippen LogP contribution is 2.31. The Morgan fingerprint density at radius 2 is 1.85 bits per heavy atom. The van der Waals surface area contributed by atoms with Gasteiger partial charge in [0.05, 0.1) is 22.3 Å². The van der Waals surface area contributed by atoms with Crippen LogP contribution in [0.15, 0.2) is 53.5 Å². The Balaban J connectivity index is 1.92. The number of pyridine rings is 2. The van der Waals surface area contributed by atoms with Gasteiger partial charge in [0.2, 0.25) is 5.56 Å². The number of fused-ring (bicyclic) bond motifs is 1. The molecule has 0 bridgehead atoms. The molecule has 0 aliphatic rings. The lowest BCUT2D eigenvalue weighted by Crippen LogP contribution is -2.03. The highest BCUT2D eigenvalue weighted by molar-refractivity contribution is 6.08. The number of aromatic amines is 2. The highest BCUT2D eigenvalue weighted by Gasteiger charge is 2.19. The van der Waals surface area contributed by atoms with Gasteiger partial charge in [-0.15, -0.1) is 0 Å². The Morgan fingerprint density at radius 3 is 2.48 bits per heavy atom. The van der Waals surface area contributed by atoms with E-state index in [4.69, 9.17) is 0 Å². The van der Waals surface area contributed by atoms with Crippen molar-refractivity contribution in [3.8, 4) is 22.5 Å². The van der Waals surface area contributed by atoms with Crippen molar-refractivity contribution < 1.29 is 9.90 Å². The number of hydrogen-bond acceptors (Lipinski definition) is 4. The van der Waals surface area contributed by atoms with Crippen LogP contribution in [0.25, 0.3) is 33.5 Å². The van der Waals surface area contributed by atoms with Crippen LogP contribution in [0.5, 0.6) is 0 Å². The zero-order valence-corrected chi connectivity index (χ0v) is 14.5. The van der Waals surface area contributed by atoms with Gasteiger partial charge in [0, 0.05) is 23.4 Å². The summed E-state index contributed by atoms with van der Waals surface area (Å²) in [5.41, 5.74) is 3.86. The molecule has 0 unspecified atom stereocenters. The normalized spacial score (nSPS) is 11.0. The van der Waals surface area contributed by atoms with Crippen molar-refractivity contribution in [1.82, 2.24) is 20.2 Å². The molecule has 7 heteroatoms. The number of carboxylic acid groups (broad SMARTS) is 1. The van der Waals surface area contributed by atoms with E-state index in [1.807, 2.05) is 24.3 Å². The lowest BCUT2D eigenvalue weighted by molar-refractivity contribution is 0.0699. The van der Waals surface area contributed by atoms with Gasteiger partial charge >= 0.3 is 5.97 Å². The number of aryl methyl sites for hydroxylation is 1. The largest absolute Gasteiger partial charge is 0.478 e. The quantitative estimate of drug-likeness (QED) is 0.517. The van der Waals surface area contributed by atoms with Crippen molar-refractivity contribution in [1.29, 1.82) is 0 Å². The Hall–Kier alpha value is -3.74. The van der Waals surface area contributed by atoms with Crippen LogP contribution in [0.3, 0.4) is 0 Å². The van der Waals surface area contributed by atoms with Gasteiger partial charge < -0.3 is 10.1 Å². The lowest BCUT2D eigenvalue weighted by atomic mass is 10.0. The molecule has 0 aliphatic carbocycles. The van der Waals surface area contributed by atoms with E-state index in [0.29, 0.717) is 28.0 Å². The second-order valence-electron chi connectivity index (χ2n) is 6.15. The monoisotopic (exact) mass is 360 g/mol. The average Bonchev–Trinajstić information content (AvgIpc) is 3.11. The maximum atomic E-state index is 11.9. The fourth-order valence-corrected chi connectivity index (χ4v) is 3.03. The van der Waals surface area contributed by atoms with Crippen LogP contribution < -0.4 is 5.56 Å². The molecule has 134 valence electrons. The van der Waals surface area contributed by atoms with Crippen LogP contribution in [0, 0.1) is 0 Å². The van der Waals surface area contributed by atoms with Gasteiger partial charge in [0.25, 0.3) is 0 Å². The van der Waals surface area contributed by atoms with Crippen molar-refractivity contribution in [3.05, 3.63) is 70.1 Å². The van der Waals surface area contributed by atoms with Gasteiger partial charge in [-0.1, -0.05) is 31.2 Å². The van der Waals surface area contributed by atoms with E-state index in [9.17, 15) is 14.7 Å². The molecular formula is C20H16N4O3. The summed E-state index contributed by atoms with van der Waals surface area (Å²) in [7, 11) is 0. The predicted molar refractivity (Wildman–Crippen MR) is 102 cm³/mol. The maximum Gasteiger partial charge on any atom is 0.336 e. The summed E-state index contributed by atoms with van der Waals surface area (Å²) in [6.07, 6.45) is 2.42. The first kappa shape index (κ1) is 16.7. The molecule has 0 aliphatic heterocycles. The molecule has 0 saturated carbocycles. The van der Waals surface area contributed by atoms with Crippen LogP contribution >= 0.6 is 0 Å². The molecule has 0 spiro atoms. The summed E-state index contributed by atoms with van der Waals surface area (Å²) in [5.74, 6) is -1.07. The summed E-state index contributed by atoms with van der Waals surface area (Å²) in [6, 6.07) is 12.3. The molecule has 3 aromatic heterocycles. The van der Waals surface area contributed by atoms with Crippen LogP contribution in [0.1, 0.15) is 22.8 Å². The molecule has 0 atom stereocenters. The molecule has 27 heavy (non-hydrogen) atoms. The van der Waals surface area contributed by atoms with E-state index >= 15 is 0 Å². The smallest absolute Gasteiger partial charge is 0.336 e. The lowest BCUT2D eigenvalue weighted by Gasteiger charge is -2.06.